The van der Waals surface area contributed by atoms with Gasteiger partial charge in [-0.2, -0.15) is 0 Å². The van der Waals surface area contributed by atoms with Crippen molar-refractivity contribution in [2.75, 3.05) is 25.6 Å². The van der Waals surface area contributed by atoms with Crippen LogP contribution in [0.4, 0.5) is 10.1 Å². The van der Waals surface area contributed by atoms with E-state index in [1.165, 1.54) is 43.5 Å². The number of benzene rings is 2. The van der Waals surface area contributed by atoms with Gasteiger partial charge in [0, 0.05) is 24.2 Å². The molecule has 0 aliphatic heterocycles. The smallest absolute Gasteiger partial charge is 0.255 e. The number of methoxy groups -OCH3 is 1. The topological polar surface area (TPSA) is 84.5 Å². The van der Waals surface area contributed by atoms with Crippen molar-refractivity contribution in [3.8, 4) is 0 Å². The van der Waals surface area contributed by atoms with Crippen molar-refractivity contribution in [1.82, 2.24) is 4.72 Å². The van der Waals surface area contributed by atoms with E-state index < -0.39 is 21.7 Å². The van der Waals surface area contributed by atoms with Crippen LogP contribution in [-0.4, -0.2) is 34.6 Å². The number of ether oxygens (including phenoxy) is 1. The van der Waals surface area contributed by atoms with Crippen molar-refractivity contribution < 1.29 is 22.3 Å². The number of halogens is 2. The molecule has 2 N–H and O–H groups in total. The molecule has 25 heavy (non-hydrogen) atoms. The first-order chi connectivity index (χ1) is 11.8. The van der Waals surface area contributed by atoms with Gasteiger partial charge in [-0.1, -0.05) is 11.6 Å². The molecule has 2 aromatic rings. The average Bonchev–Trinajstić information content (AvgIpc) is 2.57. The molecule has 0 heterocycles. The van der Waals surface area contributed by atoms with Gasteiger partial charge < -0.3 is 10.1 Å². The maximum absolute atomic E-state index is 14.2. The van der Waals surface area contributed by atoms with E-state index in [1.54, 1.807) is 0 Å². The summed E-state index contributed by atoms with van der Waals surface area (Å²) in [7, 11) is -2.42. The van der Waals surface area contributed by atoms with Crippen molar-refractivity contribution >= 4 is 33.2 Å². The summed E-state index contributed by atoms with van der Waals surface area (Å²) in [6.07, 6.45) is 0. The van der Waals surface area contributed by atoms with Crippen molar-refractivity contribution in [3.05, 3.63) is 58.9 Å². The first-order valence-electron chi connectivity index (χ1n) is 7.18. The molecule has 2 aromatic carbocycles. The van der Waals surface area contributed by atoms with Crippen LogP contribution in [0.1, 0.15) is 10.4 Å². The molecule has 0 unspecified atom stereocenters. The number of nitrogens with one attached hydrogen (secondary N) is 2. The lowest BCUT2D eigenvalue weighted by atomic mass is 10.2. The fourth-order valence-electron chi connectivity index (χ4n) is 1.92. The predicted molar refractivity (Wildman–Crippen MR) is 92.9 cm³/mol. The third-order valence-electron chi connectivity index (χ3n) is 3.20. The third-order valence-corrected chi connectivity index (χ3v) is 4.91. The number of anilines is 1. The van der Waals surface area contributed by atoms with Crippen LogP contribution in [-0.2, 0) is 14.8 Å². The summed E-state index contributed by atoms with van der Waals surface area (Å²) < 4.78 is 45.2. The fourth-order valence-corrected chi connectivity index (χ4v) is 3.07. The van der Waals surface area contributed by atoms with Gasteiger partial charge in [0.25, 0.3) is 5.91 Å². The summed E-state index contributed by atoms with van der Waals surface area (Å²) in [4.78, 5) is 11.8. The lowest BCUT2D eigenvalue weighted by Crippen LogP contribution is -2.27. The molecule has 1 amide bonds. The van der Waals surface area contributed by atoms with E-state index in [9.17, 15) is 17.6 Å². The lowest BCUT2D eigenvalue weighted by molar-refractivity contribution is 0.102. The normalized spacial score (nSPS) is 11.3. The third kappa shape index (κ3) is 5.23. The summed E-state index contributed by atoms with van der Waals surface area (Å²) in [6, 6.07) is 9.29. The Bertz CT molecular complexity index is 857. The Balaban J connectivity index is 2.13. The van der Waals surface area contributed by atoms with E-state index in [0.29, 0.717) is 10.6 Å². The van der Waals surface area contributed by atoms with Crippen LogP contribution in [0.5, 0.6) is 0 Å². The molecule has 9 heteroatoms. The standard InChI is InChI=1S/C16H16ClFN2O4S/c1-24-9-8-19-25(22,23)13-6-7-15(14(18)10-13)20-16(21)11-2-4-12(17)5-3-11/h2-7,10,19H,8-9H2,1H3,(H,20,21). The van der Waals surface area contributed by atoms with Crippen LogP contribution < -0.4 is 10.0 Å². The Kier molecular flexibility index (Phi) is 6.49. The molecule has 0 saturated carbocycles. The number of hydrogen-bond donors (Lipinski definition) is 2. The van der Waals surface area contributed by atoms with E-state index in [4.69, 9.17) is 16.3 Å². The van der Waals surface area contributed by atoms with Crippen molar-refractivity contribution in [2.45, 2.75) is 4.90 Å². The van der Waals surface area contributed by atoms with Crippen LogP contribution in [0.2, 0.25) is 5.02 Å². The van der Waals surface area contributed by atoms with E-state index in [2.05, 4.69) is 10.0 Å². The van der Waals surface area contributed by atoms with E-state index in [0.717, 1.165) is 6.07 Å². The van der Waals surface area contributed by atoms with Crippen LogP contribution in [0, 0.1) is 5.82 Å². The molecule has 0 fully saturated rings. The van der Waals surface area contributed by atoms with Crippen molar-refractivity contribution in [2.24, 2.45) is 0 Å². The monoisotopic (exact) mass is 386 g/mol. The largest absolute Gasteiger partial charge is 0.383 e. The summed E-state index contributed by atoms with van der Waals surface area (Å²) in [5, 5.41) is 2.86. The zero-order valence-corrected chi connectivity index (χ0v) is 14.8. The van der Waals surface area contributed by atoms with Gasteiger partial charge in [-0.05, 0) is 42.5 Å². The van der Waals surface area contributed by atoms with Gasteiger partial charge in [-0.3, -0.25) is 4.79 Å². The second-order valence-corrected chi connectivity index (χ2v) is 7.20. The van der Waals surface area contributed by atoms with Gasteiger partial charge in [-0.15, -0.1) is 0 Å². The van der Waals surface area contributed by atoms with Crippen molar-refractivity contribution in [3.63, 3.8) is 0 Å². The summed E-state index contributed by atoms with van der Waals surface area (Å²) in [5.41, 5.74) is 0.164. The maximum Gasteiger partial charge on any atom is 0.255 e. The number of carbonyl (C=O) groups excluding carboxylic acids is 1. The second-order valence-electron chi connectivity index (χ2n) is 4.99. The SMILES string of the molecule is COCCNS(=O)(=O)c1ccc(NC(=O)c2ccc(Cl)cc2)c(F)c1. The zero-order valence-electron chi connectivity index (χ0n) is 13.3. The highest BCUT2D eigenvalue weighted by Gasteiger charge is 2.17. The Morgan fingerprint density at radius 3 is 2.48 bits per heavy atom. The Labute approximate surface area is 150 Å². The highest BCUT2D eigenvalue weighted by molar-refractivity contribution is 7.89. The van der Waals surface area contributed by atoms with Crippen LogP contribution in [0.25, 0.3) is 0 Å². The Morgan fingerprint density at radius 1 is 1.20 bits per heavy atom. The number of carbonyl (C=O) groups is 1. The lowest BCUT2D eigenvalue weighted by Gasteiger charge is -2.10. The van der Waals surface area contributed by atoms with Crippen LogP contribution >= 0.6 is 11.6 Å². The Hall–Kier alpha value is -2.00. The minimum Gasteiger partial charge on any atom is -0.383 e. The highest BCUT2D eigenvalue weighted by Crippen LogP contribution is 2.20. The molecular formula is C16H16ClFN2O4S. The summed E-state index contributed by atoms with van der Waals surface area (Å²) >= 11 is 5.74. The molecule has 0 spiro atoms. The molecule has 0 saturated heterocycles. The maximum atomic E-state index is 14.2. The van der Waals surface area contributed by atoms with Gasteiger partial charge in [0.1, 0.15) is 5.82 Å². The molecule has 0 bridgehead atoms. The van der Waals surface area contributed by atoms with E-state index in [1.807, 2.05) is 0 Å². The number of rotatable bonds is 7. The first-order valence-corrected chi connectivity index (χ1v) is 9.04. The summed E-state index contributed by atoms with van der Waals surface area (Å²) in [6.45, 7) is 0.256. The minimum absolute atomic E-state index is 0.0650. The van der Waals surface area contributed by atoms with Crippen LogP contribution in [0.15, 0.2) is 47.4 Å². The number of sulfonamides is 1. The van der Waals surface area contributed by atoms with Crippen molar-refractivity contribution in [1.29, 1.82) is 0 Å². The molecule has 0 radical (unpaired) electrons. The zero-order chi connectivity index (χ0) is 18.4. The number of amides is 1. The molecule has 6 nitrogen and oxygen atoms in total. The molecular weight excluding hydrogens is 371 g/mol. The quantitative estimate of drug-likeness (QED) is 0.716. The van der Waals surface area contributed by atoms with E-state index >= 15 is 0 Å². The van der Waals surface area contributed by atoms with Gasteiger partial charge in [0.05, 0.1) is 17.2 Å². The highest BCUT2D eigenvalue weighted by atomic mass is 35.5. The molecule has 2 rings (SSSR count). The first kappa shape index (κ1) is 19.3. The molecule has 134 valence electrons. The van der Waals surface area contributed by atoms with Gasteiger partial charge >= 0.3 is 0 Å². The van der Waals surface area contributed by atoms with Gasteiger partial charge in [0.15, 0.2) is 0 Å². The number of hydrogen-bond acceptors (Lipinski definition) is 4. The Morgan fingerprint density at radius 2 is 1.88 bits per heavy atom. The predicted octanol–water partition coefficient (Wildman–Crippen LogP) is 2.66. The molecule has 0 atom stereocenters. The average molecular weight is 387 g/mol. The molecule has 0 aromatic heterocycles. The second kappa shape index (κ2) is 8.39. The van der Waals surface area contributed by atoms with Gasteiger partial charge in [-0.25, -0.2) is 17.5 Å². The molecule has 0 aliphatic rings. The molecule has 0 aliphatic carbocycles. The summed E-state index contributed by atoms with van der Waals surface area (Å²) in [5.74, 6) is -1.40. The van der Waals surface area contributed by atoms with Crippen LogP contribution in [0.3, 0.4) is 0 Å². The van der Waals surface area contributed by atoms with Gasteiger partial charge in [0.2, 0.25) is 10.0 Å². The minimum atomic E-state index is -3.85. The van der Waals surface area contributed by atoms with E-state index in [-0.39, 0.29) is 23.7 Å². The fraction of sp³-hybridized carbons (Fsp3) is 0.188.